The van der Waals surface area contributed by atoms with Crippen LogP contribution >= 0.6 is 0 Å². The molecule has 1 aliphatic carbocycles. The van der Waals surface area contributed by atoms with Crippen molar-refractivity contribution in [2.24, 2.45) is 29.1 Å². The van der Waals surface area contributed by atoms with Gasteiger partial charge in [0.15, 0.2) is 12.1 Å². The van der Waals surface area contributed by atoms with E-state index in [0.717, 1.165) is 24.5 Å². The summed E-state index contributed by atoms with van der Waals surface area (Å²) >= 11 is 0. The molecule has 14 atom stereocenters. The number of aliphatic hydroxyl groups excluding tert-OH is 2. The van der Waals surface area contributed by atoms with Crippen molar-refractivity contribution in [1.29, 1.82) is 0 Å². The second-order valence-corrected chi connectivity index (χ2v) is 22.1. The third-order valence-electron chi connectivity index (χ3n) is 15.5. The molecule has 5 aliphatic heterocycles. The maximum atomic E-state index is 14.4. The smallest absolute Gasteiger partial charge is 0.416 e. The molecule has 8 rings (SSSR count). The Morgan fingerprint density at radius 1 is 0.926 bits per heavy atom. The topological polar surface area (TPSA) is 278 Å². The molecule has 5 N–H and O–H groups in total. The Kier molecular flexibility index (Phi) is 18.6. The van der Waals surface area contributed by atoms with E-state index < -0.39 is 166 Å². The molecule has 5 heterocycles. The number of carbonyl (C=O) groups is 7. The van der Waals surface area contributed by atoms with Crippen LogP contribution in [0.3, 0.4) is 0 Å². The van der Waals surface area contributed by atoms with E-state index in [1.807, 2.05) is 0 Å². The van der Waals surface area contributed by atoms with Gasteiger partial charge in [-0.15, -0.1) is 0 Å². The number of fused-ring (bicyclic) bond motifs is 15. The Morgan fingerprint density at radius 2 is 1.60 bits per heavy atom. The van der Waals surface area contributed by atoms with Crippen LogP contribution in [0, 0.1) is 36.0 Å². The average Bonchev–Trinajstić information content (AvgIpc) is 2.87. The van der Waals surface area contributed by atoms with Crippen LogP contribution in [-0.2, 0) is 65.1 Å². The summed E-state index contributed by atoms with van der Waals surface area (Å²) < 4.78 is 87.7. The fraction of sp³-hybridized carbons (Fsp3) is 0.534. The summed E-state index contributed by atoms with van der Waals surface area (Å²) in [6.45, 7) is 15.9. The van der Waals surface area contributed by atoms with Crippen molar-refractivity contribution in [3.05, 3.63) is 106 Å². The first-order chi connectivity index (χ1) is 37.8. The van der Waals surface area contributed by atoms with Gasteiger partial charge in [0.1, 0.15) is 36.6 Å². The molecule has 20 nitrogen and oxygen atoms in total. The Morgan fingerprint density at radius 3 is 2.26 bits per heavy atom. The SMILES string of the molecule is CC(=O)O[C@H]1[C@H](C)[C@H](O)[C@H](C)[C@@H](O)[C@@H](C(C)OC(=O)C(C)(C)CC(=O)NCc2ccc(C(F)(F)F)cc2)/C=C/C=C(/C)C(=O)NC2=CC(=O)c3c(c(O)c(C)c4c3C(=O)[C@@](C)(O/C=C/[C@H](O[C@H]3C[C@@H]5OCO[C@@H]5[C@@H](C)O3)[C@H]1C)O4)C2=O. The number of allylic oxidation sites excluding steroid dienone is 4. The maximum absolute atomic E-state index is 14.4. The molecule has 440 valence electrons. The molecule has 0 spiro atoms. The first-order valence-corrected chi connectivity index (χ1v) is 26.5. The van der Waals surface area contributed by atoms with E-state index in [2.05, 4.69) is 10.6 Å². The van der Waals surface area contributed by atoms with Crippen LogP contribution in [0.5, 0.6) is 11.5 Å². The molecular weight excluding hydrogens is 1070 g/mol. The van der Waals surface area contributed by atoms with E-state index >= 15 is 0 Å². The molecule has 0 saturated carbocycles. The zero-order chi connectivity index (χ0) is 59.8. The van der Waals surface area contributed by atoms with E-state index in [1.165, 1.54) is 91.8 Å². The molecule has 0 aromatic heterocycles. The standard InChI is InChI=1S/C58H69F3N2O18/c1-26-13-12-14-36(31(6)78-55(73)56(9,10)23-41(66)62-24-34-15-17-35(18-16-34)58(59,60)61)47(68)28(3)46(67)29(4)50(79-33(8)64)27(2)39(80-42-22-40-52(32(7)77-42)75-25-74-40)19-20-76-57(11)53(71)45-43-38(65)21-37(63-54(26)72)49(70)44(43)48(69)30(5)51(45)81-57/h12-21,27-29,31-32,36,39-40,42,46-47,50,52,67-69H,22-25H2,1-11H3,(H,62,66)(H,63,72)/b14-12+,20-19+,26-13-/t27-,28+,29-,31?,32-,36-,39+,40+,42+,46-,47-,50-,52-,57+/m1/s1. The minimum Gasteiger partial charge on any atom is -0.507 e. The summed E-state index contributed by atoms with van der Waals surface area (Å²) in [6, 6.07) is 4.19. The number of hydrogen-bond donors (Lipinski definition) is 5. The van der Waals surface area contributed by atoms with Gasteiger partial charge in [-0.05, 0) is 65.3 Å². The van der Waals surface area contributed by atoms with Gasteiger partial charge in [-0.25, -0.2) is 0 Å². The van der Waals surface area contributed by atoms with Gasteiger partial charge in [-0.1, -0.05) is 51.1 Å². The molecule has 2 amide bonds. The van der Waals surface area contributed by atoms with Gasteiger partial charge in [0, 0.05) is 74.1 Å². The lowest BCUT2D eigenvalue weighted by Crippen LogP contribution is -2.50. The number of rotatable bonds is 10. The van der Waals surface area contributed by atoms with Gasteiger partial charge < -0.3 is 63.8 Å². The Labute approximate surface area is 466 Å². The molecule has 2 aromatic rings. The summed E-state index contributed by atoms with van der Waals surface area (Å²) in [4.78, 5) is 96.3. The lowest BCUT2D eigenvalue weighted by Gasteiger charge is -2.41. The minimum absolute atomic E-state index is 0.0325. The van der Waals surface area contributed by atoms with Gasteiger partial charge in [0.2, 0.25) is 11.7 Å². The first kappa shape index (κ1) is 61.9. The van der Waals surface area contributed by atoms with Crippen LogP contribution in [0.4, 0.5) is 13.2 Å². The van der Waals surface area contributed by atoms with E-state index in [4.69, 9.17) is 37.9 Å². The average molecular weight is 1140 g/mol. The van der Waals surface area contributed by atoms with E-state index in [-0.39, 0.29) is 48.3 Å². The number of esters is 2. The van der Waals surface area contributed by atoms with Crippen molar-refractivity contribution in [2.45, 2.75) is 163 Å². The zero-order valence-corrected chi connectivity index (χ0v) is 46.7. The van der Waals surface area contributed by atoms with Crippen LogP contribution in [0.1, 0.15) is 130 Å². The predicted molar refractivity (Wildman–Crippen MR) is 278 cm³/mol. The van der Waals surface area contributed by atoms with Gasteiger partial charge in [-0.2, -0.15) is 13.2 Å². The summed E-state index contributed by atoms with van der Waals surface area (Å²) in [7, 11) is 0. The van der Waals surface area contributed by atoms with Crippen molar-refractivity contribution in [1.82, 2.24) is 10.6 Å². The van der Waals surface area contributed by atoms with Crippen molar-refractivity contribution >= 4 is 41.1 Å². The number of benzene rings is 2. The third-order valence-corrected chi connectivity index (χ3v) is 15.5. The highest BCUT2D eigenvalue weighted by Crippen LogP contribution is 2.48. The van der Waals surface area contributed by atoms with Crippen LogP contribution in [0.25, 0.3) is 0 Å². The molecule has 81 heavy (non-hydrogen) atoms. The molecular formula is C58H69F3N2O18. The second kappa shape index (κ2) is 24.4. The highest BCUT2D eigenvalue weighted by atomic mass is 19.4. The second-order valence-electron chi connectivity index (χ2n) is 22.1. The fourth-order valence-corrected chi connectivity index (χ4v) is 10.6. The Balaban J connectivity index is 1.23. The lowest BCUT2D eigenvalue weighted by atomic mass is 9.77. The summed E-state index contributed by atoms with van der Waals surface area (Å²) in [5.74, 6) is -13.3. The van der Waals surface area contributed by atoms with Gasteiger partial charge >= 0.3 is 23.9 Å². The van der Waals surface area contributed by atoms with Gasteiger partial charge in [0.25, 0.3) is 11.7 Å². The number of Topliss-reactive ketones (excluding diaryl/α,β-unsaturated/α-hetero) is 2. The highest BCUT2D eigenvalue weighted by Gasteiger charge is 2.52. The molecule has 1 unspecified atom stereocenters. The number of halogens is 3. The number of aromatic hydroxyl groups is 1. The monoisotopic (exact) mass is 1140 g/mol. The molecule has 2 fully saturated rings. The summed E-state index contributed by atoms with van der Waals surface area (Å²) in [5.41, 5.74) is -4.06. The molecule has 0 radical (unpaired) electrons. The normalized spacial score (nSPS) is 32.0. The molecule has 23 heteroatoms. The first-order valence-electron chi connectivity index (χ1n) is 26.5. The molecule has 2 aromatic carbocycles. The Hall–Kier alpha value is -6.76. The van der Waals surface area contributed by atoms with Crippen molar-refractivity contribution in [3.8, 4) is 11.5 Å². The molecule has 5 bridgehead atoms. The number of ether oxygens (including phenoxy) is 8. The number of carbonyl (C=O) groups excluding carboxylic acids is 7. The minimum atomic E-state index is -4.55. The van der Waals surface area contributed by atoms with Gasteiger partial charge in [-0.3, -0.25) is 33.6 Å². The number of phenolic OH excluding ortho intramolecular Hbond substituents is 1. The van der Waals surface area contributed by atoms with Crippen LogP contribution in [-0.4, -0.2) is 124 Å². The quantitative estimate of drug-likeness (QED) is 0.158. The summed E-state index contributed by atoms with van der Waals surface area (Å²) in [5, 5.41) is 41.1. The highest BCUT2D eigenvalue weighted by molar-refractivity contribution is 6.30. The number of phenols is 1. The van der Waals surface area contributed by atoms with E-state index in [1.54, 1.807) is 20.8 Å². The molecule has 6 aliphatic rings. The number of hydrogen-bond acceptors (Lipinski definition) is 18. The number of ketones is 3. The largest absolute Gasteiger partial charge is 0.507 e. The van der Waals surface area contributed by atoms with Crippen LogP contribution < -0.4 is 15.4 Å². The van der Waals surface area contributed by atoms with E-state index in [9.17, 15) is 62.1 Å². The fourth-order valence-electron chi connectivity index (χ4n) is 10.6. The summed E-state index contributed by atoms with van der Waals surface area (Å²) in [6.07, 6.45) is -6.34. The van der Waals surface area contributed by atoms with Crippen molar-refractivity contribution in [2.75, 3.05) is 6.79 Å². The number of amides is 2. The lowest BCUT2D eigenvalue weighted by molar-refractivity contribution is -0.246. The van der Waals surface area contributed by atoms with Crippen LogP contribution in [0.2, 0.25) is 0 Å². The molecule has 2 saturated heterocycles. The van der Waals surface area contributed by atoms with Crippen molar-refractivity contribution < 1.29 is 99.9 Å². The Bertz CT molecular complexity index is 2930. The third kappa shape index (κ3) is 13.3. The zero-order valence-electron chi connectivity index (χ0n) is 46.7. The van der Waals surface area contributed by atoms with Crippen molar-refractivity contribution in [3.63, 3.8) is 0 Å². The maximum Gasteiger partial charge on any atom is 0.416 e. The predicted octanol–water partition coefficient (Wildman–Crippen LogP) is 6.54. The number of nitrogens with one attached hydrogen (secondary N) is 2. The number of alkyl halides is 3. The van der Waals surface area contributed by atoms with E-state index in [0.29, 0.717) is 5.56 Å². The number of aliphatic hydroxyl groups is 2. The van der Waals surface area contributed by atoms with Gasteiger partial charge in [0.05, 0.1) is 70.1 Å². The van der Waals surface area contributed by atoms with Crippen LogP contribution in [0.15, 0.2) is 72.2 Å².